The fourth-order valence-corrected chi connectivity index (χ4v) is 3.30. The molecule has 1 unspecified atom stereocenters. The maximum Gasteiger partial charge on any atom is 0.306 e. The quantitative estimate of drug-likeness (QED) is 0.909. The van der Waals surface area contributed by atoms with Gasteiger partial charge in [-0.1, -0.05) is 0 Å². The molecule has 1 N–H and O–H groups in total. The predicted octanol–water partition coefficient (Wildman–Crippen LogP) is 3.31. The molecule has 1 aliphatic rings. The number of rotatable bonds is 5. The van der Waals surface area contributed by atoms with Crippen LogP contribution in [0.15, 0.2) is 41.0 Å². The molecule has 24 heavy (non-hydrogen) atoms. The molecule has 1 saturated heterocycles. The second-order valence-electron chi connectivity index (χ2n) is 5.95. The number of halogens is 1. The maximum absolute atomic E-state index is 13.8. The zero-order chi connectivity index (χ0) is 17.1. The Balaban J connectivity index is 1.94. The van der Waals surface area contributed by atoms with Crippen LogP contribution in [0.2, 0.25) is 0 Å². The fourth-order valence-electron chi connectivity index (χ4n) is 3.30. The zero-order valence-corrected chi connectivity index (χ0v) is 13.4. The number of furan rings is 1. The predicted molar refractivity (Wildman–Crippen MR) is 85.4 cm³/mol. The highest BCUT2D eigenvalue weighted by molar-refractivity contribution is 5.70. The third-order valence-electron chi connectivity index (χ3n) is 4.54. The molecule has 2 heterocycles. The van der Waals surface area contributed by atoms with Gasteiger partial charge in [0.1, 0.15) is 17.3 Å². The van der Waals surface area contributed by atoms with E-state index in [4.69, 9.17) is 9.15 Å². The Bertz CT molecular complexity index is 693. The lowest BCUT2D eigenvalue weighted by Gasteiger charge is -2.36. The number of carboxylic acid groups (broad SMARTS) is 1. The monoisotopic (exact) mass is 333 g/mol. The van der Waals surface area contributed by atoms with Crippen molar-refractivity contribution in [2.24, 2.45) is 5.92 Å². The first-order valence-corrected chi connectivity index (χ1v) is 7.94. The van der Waals surface area contributed by atoms with E-state index >= 15 is 0 Å². The number of nitrogens with zero attached hydrogens (tertiary/aromatic N) is 1. The van der Waals surface area contributed by atoms with Crippen molar-refractivity contribution in [3.63, 3.8) is 0 Å². The van der Waals surface area contributed by atoms with Crippen LogP contribution in [0.5, 0.6) is 5.75 Å². The number of hydrogen-bond acceptors (Lipinski definition) is 4. The highest BCUT2D eigenvalue weighted by Crippen LogP contribution is 2.37. The van der Waals surface area contributed by atoms with Crippen LogP contribution in [-0.4, -0.2) is 36.2 Å². The summed E-state index contributed by atoms with van der Waals surface area (Å²) in [7, 11) is 1.55. The molecular formula is C18H20FNO4. The molecule has 1 aliphatic heterocycles. The van der Waals surface area contributed by atoms with Crippen molar-refractivity contribution < 1.29 is 23.4 Å². The number of piperidine rings is 1. The summed E-state index contributed by atoms with van der Waals surface area (Å²) in [6, 6.07) is 7.74. The van der Waals surface area contributed by atoms with Gasteiger partial charge in [-0.05, 0) is 43.2 Å². The van der Waals surface area contributed by atoms with Crippen molar-refractivity contribution in [3.8, 4) is 5.75 Å². The lowest BCUT2D eigenvalue weighted by Crippen LogP contribution is -2.39. The van der Waals surface area contributed by atoms with E-state index in [0.717, 1.165) is 0 Å². The van der Waals surface area contributed by atoms with Gasteiger partial charge in [0.2, 0.25) is 0 Å². The Hall–Kier alpha value is -2.34. The van der Waals surface area contributed by atoms with Gasteiger partial charge in [0.15, 0.2) is 0 Å². The first-order chi connectivity index (χ1) is 11.6. The zero-order valence-electron chi connectivity index (χ0n) is 13.4. The molecule has 1 aromatic carbocycles. The number of carboxylic acids is 1. The highest BCUT2D eigenvalue weighted by atomic mass is 19.1. The van der Waals surface area contributed by atoms with Gasteiger partial charge < -0.3 is 14.3 Å². The molecule has 1 atom stereocenters. The minimum atomic E-state index is -0.757. The molecular weight excluding hydrogens is 313 g/mol. The lowest BCUT2D eigenvalue weighted by molar-refractivity contribution is -0.143. The van der Waals surface area contributed by atoms with E-state index in [2.05, 4.69) is 4.90 Å². The first kappa shape index (κ1) is 16.5. The largest absolute Gasteiger partial charge is 0.496 e. The summed E-state index contributed by atoms with van der Waals surface area (Å²) in [5.74, 6) is -0.158. The number of benzene rings is 1. The average molecular weight is 333 g/mol. The van der Waals surface area contributed by atoms with Crippen LogP contribution in [0.1, 0.15) is 30.2 Å². The van der Waals surface area contributed by atoms with E-state index in [1.54, 1.807) is 25.5 Å². The summed E-state index contributed by atoms with van der Waals surface area (Å²) in [6.45, 7) is 1.20. The molecule has 128 valence electrons. The average Bonchev–Trinajstić information content (AvgIpc) is 3.10. The van der Waals surface area contributed by atoms with Crippen LogP contribution < -0.4 is 4.74 Å². The highest BCUT2D eigenvalue weighted by Gasteiger charge is 2.33. The molecule has 0 radical (unpaired) electrons. The van der Waals surface area contributed by atoms with Crippen LogP contribution in [0, 0.1) is 11.7 Å². The molecule has 0 aliphatic carbocycles. The minimum absolute atomic E-state index is 0.305. The normalized spacial score (nSPS) is 17.6. The molecule has 0 bridgehead atoms. The van der Waals surface area contributed by atoms with Gasteiger partial charge >= 0.3 is 5.97 Å². The van der Waals surface area contributed by atoms with Crippen molar-refractivity contribution in [1.82, 2.24) is 4.90 Å². The van der Waals surface area contributed by atoms with Gasteiger partial charge in [0.05, 0.1) is 25.3 Å². The van der Waals surface area contributed by atoms with Crippen molar-refractivity contribution in [1.29, 1.82) is 0 Å². The van der Waals surface area contributed by atoms with E-state index in [-0.39, 0.29) is 17.8 Å². The van der Waals surface area contributed by atoms with Crippen LogP contribution in [-0.2, 0) is 4.79 Å². The third-order valence-corrected chi connectivity index (χ3v) is 4.54. The van der Waals surface area contributed by atoms with Crippen molar-refractivity contribution in [3.05, 3.63) is 53.7 Å². The second-order valence-corrected chi connectivity index (χ2v) is 5.95. The minimum Gasteiger partial charge on any atom is -0.496 e. The molecule has 6 heteroatoms. The van der Waals surface area contributed by atoms with Gasteiger partial charge in [0.25, 0.3) is 0 Å². The summed E-state index contributed by atoms with van der Waals surface area (Å²) in [4.78, 5) is 13.3. The van der Waals surface area contributed by atoms with Crippen LogP contribution >= 0.6 is 0 Å². The Labute approximate surface area is 139 Å². The number of hydrogen-bond donors (Lipinski definition) is 1. The molecule has 0 saturated carbocycles. The Kier molecular flexibility index (Phi) is 4.85. The topological polar surface area (TPSA) is 62.9 Å². The van der Waals surface area contributed by atoms with Crippen molar-refractivity contribution >= 4 is 5.97 Å². The first-order valence-electron chi connectivity index (χ1n) is 7.94. The Morgan fingerprint density at radius 2 is 2.12 bits per heavy atom. The molecule has 0 spiro atoms. The van der Waals surface area contributed by atoms with Crippen LogP contribution in [0.4, 0.5) is 4.39 Å². The standard InChI is InChI=1S/C18H20FNO4/c1-23-15-5-4-13(19)11-14(15)17(16-3-2-10-24-16)20-8-6-12(7-9-20)18(21)22/h2-5,10-12,17H,6-9H2,1H3,(H,21,22). The molecule has 1 fully saturated rings. The number of ether oxygens (including phenoxy) is 1. The molecule has 0 amide bonds. The van der Waals surface area contributed by atoms with E-state index in [9.17, 15) is 14.3 Å². The van der Waals surface area contributed by atoms with E-state index < -0.39 is 5.97 Å². The van der Waals surface area contributed by atoms with Gasteiger partial charge in [0, 0.05) is 18.7 Å². The summed E-state index contributed by atoms with van der Waals surface area (Å²) in [5.41, 5.74) is 0.682. The third kappa shape index (κ3) is 3.28. The summed E-state index contributed by atoms with van der Waals surface area (Å²) >= 11 is 0. The van der Waals surface area contributed by atoms with Crippen molar-refractivity contribution in [2.45, 2.75) is 18.9 Å². The van der Waals surface area contributed by atoms with E-state index in [1.807, 2.05) is 6.07 Å². The van der Waals surface area contributed by atoms with E-state index in [0.29, 0.717) is 43.0 Å². The second kappa shape index (κ2) is 7.05. The van der Waals surface area contributed by atoms with Gasteiger partial charge in [-0.25, -0.2) is 4.39 Å². The fraction of sp³-hybridized carbons (Fsp3) is 0.389. The molecule has 3 rings (SSSR count). The SMILES string of the molecule is COc1ccc(F)cc1C(c1ccco1)N1CCC(C(=O)O)CC1. The summed E-state index contributed by atoms with van der Waals surface area (Å²) in [6.07, 6.45) is 2.70. The maximum atomic E-state index is 13.8. The van der Waals surface area contributed by atoms with Gasteiger partial charge in [-0.3, -0.25) is 9.69 Å². The number of aliphatic carboxylic acids is 1. The lowest BCUT2D eigenvalue weighted by atomic mass is 9.93. The van der Waals surface area contributed by atoms with Crippen molar-refractivity contribution in [2.75, 3.05) is 20.2 Å². The van der Waals surface area contributed by atoms with Crippen LogP contribution in [0.25, 0.3) is 0 Å². The van der Waals surface area contributed by atoms with Crippen LogP contribution in [0.3, 0.4) is 0 Å². The molecule has 2 aromatic rings. The number of methoxy groups -OCH3 is 1. The Morgan fingerprint density at radius 3 is 2.71 bits per heavy atom. The number of likely N-dealkylation sites (tertiary alicyclic amines) is 1. The van der Waals surface area contributed by atoms with Gasteiger partial charge in [-0.15, -0.1) is 0 Å². The molecule has 5 nitrogen and oxygen atoms in total. The smallest absolute Gasteiger partial charge is 0.306 e. The Morgan fingerprint density at radius 1 is 1.38 bits per heavy atom. The molecule has 1 aromatic heterocycles. The number of carbonyl (C=O) groups is 1. The van der Waals surface area contributed by atoms with E-state index in [1.165, 1.54) is 12.1 Å². The van der Waals surface area contributed by atoms with Gasteiger partial charge in [-0.2, -0.15) is 0 Å². The summed E-state index contributed by atoms with van der Waals surface area (Å²) in [5, 5.41) is 9.18. The summed E-state index contributed by atoms with van der Waals surface area (Å²) < 4.78 is 24.8.